The summed E-state index contributed by atoms with van der Waals surface area (Å²) < 4.78 is 4.00. The Kier molecular flexibility index (Phi) is 5.24. The summed E-state index contributed by atoms with van der Waals surface area (Å²) in [7, 11) is 0. The van der Waals surface area contributed by atoms with Crippen molar-refractivity contribution in [1.29, 1.82) is 0 Å². The molecule has 0 radical (unpaired) electrons. The molecule has 0 aliphatic carbocycles. The van der Waals surface area contributed by atoms with Crippen LogP contribution in [0.4, 0.5) is 5.69 Å². The molecular formula is C20H21N3OS. The highest BCUT2D eigenvalue weighted by molar-refractivity contribution is 7.08. The number of hydrogen-bond donors (Lipinski definition) is 1. The number of rotatable bonds is 5. The number of benzene rings is 2. The zero-order valence-corrected chi connectivity index (χ0v) is 15.5. The minimum Gasteiger partial charge on any atom is -0.321 e. The van der Waals surface area contributed by atoms with E-state index >= 15 is 0 Å². The second-order valence-corrected chi connectivity index (χ2v) is 6.68. The zero-order valence-electron chi connectivity index (χ0n) is 14.7. The Morgan fingerprint density at radius 2 is 1.68 bits per heavy atom. The number of hydrogen-bond acceptors (Lipinski definition) is 4. The molecule has 0 unspecified atom stereocenters. The molecule has 1 aromatic heterocycles. The monoisotopic (exact) mass is 351 g/mol. The van der Waals surface area contributed by atoms with Gasteiger partial charge < -0.3 is 5.32 Å². The molecule has 0 aliphatic rings. The van der Waals surface area contributed by atoms with E-state index in [9.17, 15) is 4.79 Å². The van der Waals surface area contributed by atoms with Crippen LogP contribution in [0.1, 0.15) is 40.2 Å². The van der Waals surface area contributed by atoms with E-state index in [-0.39, 0.29) is 5.91 Å². The minimum atomic E-state index is -0.152. The molecule has 0 aliphatic heterocycles. The number of nitrogens with one attached hydrogen (secondary N) is 1. The van der Waals surface area contributed by atoms with Gasteiger partial charge in [-0.1, -0.05) is 66.4 Å². The van der Waals surface area contributed by atoms with Crippen LogP contribution in [0.5, 0.6) is 0 Å². The van der Waals surface area contributed by atoms with Gasteiger partial charge in [0.1, 0.15) is 10.6 Å². The Balaban J connectivity index is 1.94. The van der Waals surface area contributed by atoms with Crippen molar-refractivity contribution >= 4 is 23.1 Å². The van der Waals surface area contributed by atoms with E-state index in [2.05, 4.69) is 40.9 Å². The number of carbonyl (C=O) groups is 1. The highest BCUT2D eigenvalue weighted by Gasteiger charge is 2.19. The molecule has 1 heterocycles. The number of aromatic nitrogens is 2. The SMILES string of the molecule is CCc1cccc(CC)c1NC(=O)c1snnc1-c1ccc(C)cc1. The molecule has 0 atom stereocenters. The van der Waals surface area contributed by atoms with Crippen LogP contribution < -0.4 is 5.32 Å². The molecule has 3 aromatic rings. The fourth-order valence-electron chi connectivity index (χ4n) is 2.81. The average molecular weight is 351 g/mol. The third-order valence-electron chi connectivity index (χ3n) is 4.26. The molecular weight excluding hydrogens is 330 g/mol. The summed E-state index contributed by atoms with van der Waals surface area (Å²) in [5.41, 5.74) is 5.91. The highest BCUT2D eigenvalue weighted by atomic mass is 32.1. The molecule has 3 rings (SSSR count). The lowest BCUT2D eigenvalue weighted by Crippen LogP contribution is -2.14. The van der Waals surface area contributed by atoms with Gasteiger partial charge in [-0.05, 0) is 42.4 Å². The van der Waals surface area contributed by atoms with Crippen LogP contribution in [0.2, 0.25) is 0 Å². The number of amides is 1. The molecule has 0 bridgehead atoms. The Labute approximate surface area is 152 Å². The van der Waals surface area contributed by atoms with Crippen LogP contribution in [0, 0.1) is 6.92 Å². The third-order valence-corrected chi connectivity index (χ3v) is 4.98. The van der Waals surface area contributed by atoms with Crippen molar-refractivity contribution in [2.45, 2.75) is 33.6 Å². The summed E-state index contributed by atoms with van der Waals surface area (Å²) in [6.45, 7) is 6.22. The van der Waals surface area contributed by atoms with E-state index in [0.717, 1.165) is 46.8 Å². The second-order valence-electron chi connectivity index (χ2n) is 5.93. The molecule has 4 nitrogen and oxygen atoms in total. The van der Waals surface area contributed by atoms with Crippen molar-refractivity contribution in [3.8, 4) is 11.3 Å². The van der Waals surface area contributed by atoms with Gasteiger partial charge in [-0.25, -0.2) is 0 Å². The van der Waals surface area contributed by atoms with Gasteiger partial charge in [-0.15, -0.1) is 5.10 Å². The fraction of sp³-hybridized carbons (Fsp3) is 0.250. The molecule has 0 fully saturated rings. The number of aryl methyl sites for hydroxylation is 3. The Bertz CT molecular complexity index is 862. The van der Waals surface area contributed by atoms with Gasteiger partial charge in [-0.2, -0.15) is 0 Å². The number of para-hydroxylation sites is 1. The first kappa shape index (κ1) is 17.3. The summed E-state index contributed by atoms with van der Waals surface area (Å²) in [6.07, 6.45) is 1.74. The van der Waals surface area contributed by atoms with Crippen LogP contribution in [0.25, 0.3) is 11.3 Å². The van der Waals surface area contributed by atoms with Crippen molar-refractivity contribution in [3.05, 3.63) is 64.0 Å². The molecule has 25 heavy (non-hydrogen) atoms. The quantitative estimate of drug-likeness (QED) is 0.712. The summed E-state index contributed by atoms with van der Waals surface area (Å²) in [4.78, 5) is 13.4. The molecule has 2 aromatic carbocycles. The van der Waals surface area contributed by atoms with E-state index < -0.39 is 0 Å². The first-order valence-electron chi connectivity index (χ1n) is 8.45. The first-order valence-corrected chi connectivity index (χ1v) is 9.22. The van der Waals surface area contributed by atoms with Gasteiger partial charge in [0.15, 0.2) is 0 Å². The van der Waals surface area contributed by atoms with Gasteiger partial charge in [-0.3, -0.25) is 4.79 Å². The standard InChI is InChI=1S/C20H21N3OS/c1-4-14-7-6-8-15(5-2)17(14)21-20(24)19-18(22-23-25-19)16-11-9-13(3)10-12-16/h6-12H,4-5H2,1-3H3,(H,21,24). The molecule has 5 heteroatoms. The Morgan fingerprint density at radius 3 is 2.28 bits per heavy atom. The van der Waals surface area contributed by atoms with Gasteiger partial charge in [0.2, 0.25) is 0 Å². The van der Waals surface area contributed by atoms with Crippen molar-refractivity contribution in [2.24, 2.45) is 0 Å². The van der Waals surface area contributed by atoms with Crippen molar-refractivity contribution in [1.82, 2.24) is 9.59 Å². The molecule has 128 valence electrons. The van der Waals surface area contributed by atoms with E-state index in [4.69, 9.17) is 0 Å². The van der Waals surface area contributed by atoms with E-state index in [0.29, 0.717) is 10.6 Å². The van der Waals surface area contributed by atoms with Gasteiger partial charge in [0.25, 0.3) is 5.91 Å². The highest BCUT2D eigenvalue weighted by Crippen LogP contribution is 2.27. The predicted octanol–water partition coefficient (Wildman–Crippen LogP) is 4.89. The Morgan fingerprint density at radius 1 is 1.04 bits per heavy atom. The number of nitrogens with zero attached hydrogens (tertiary/aromatic N) is 2. The summed E-state index contributed by atoms with van der Waals surface area (Å²) in [5, 5.41) is 7.27. The van der Waals surface area contributed by atoms with Crippen LogP contribution in [0.3, 0.4) is 0 Å². The largest absolute Gasteiger partial charge is 0.321 e. The zero-order chi connectivity index (χ0) is 17.8. The van der Waals surface area contributed by atoms with Crippen LogP contribution in [-0.2, 0) is 12.8 Å². The minimum absolute atomic E-state index is 0.152. The van der Waals surface area contributed by atoms with Crippen molar-refractivity contribution in [3.63, 3.8) is 0 Å². The molecule has 0 saturated heterocycles. The molecule has 1 N–H and O–H groups in total. The number of anilines is 1. The van der Waals surface area contributed by atoms with Crippen LogP contribution in [0.15, 0.2) is 42.5 Å². The maximum atomic E-state index is 12.9. The topological polar surface area (TPSA) is 54.9 Å². The number of carbonyl (C=O) groups excluding carboxylic acids is 1. The van der Waals surface area contributed by atoms with Crippen molar-refractivity contribution < 1.29 is 4.79 Å². The normalized spacial score (nSPS) is 10.7. The van der Waals surface area contributed by atoms with Crippen LogP contribution >= 0.6 is 11.5 Å². The van der Waals surface area contributed by atoms with Gasteiger partial charge in [0, 0.05) is 11.3 Å². The molecule has 1 amide bonds. The van der Waals surface area contributed by atoms with Crippen molar-refractivity contribution in [2.75, 3.05) is 5.32 Å². The lowest BCUT2D eigenvalue weighted by atomic mass is 10.0. The van der Waals surface area contributed by atoms with E-state index in [1.807, 2.05) is 37.3 Å². The Hall–Kier alpha value is -2.53. The third kappa shape index (κ3) is 3.61. The lowest BCUT2D eigenvalue weighted by molar-refractivity contribution is 0.103. The molecule has 0 spiro atoms. The van der Waals surface area contributed by atoms with E-state index in [1.54, 1.807) is 0 Å². The average Bonchev–Trinajstić information content (AvgIpc) is 3.12. The van der Waals surface area contributed by atoms with E-state index in [1.165, 1.54) is 5.56 Å². The summed E-state index contributed by atoms with van der Waals surface area (Å²) in [5.74, 6) is -0.152. The maximum absolute atomic E-state index is 12.9. The summed E-state index contributed by atoms with van der Waals surface area (Å²) in [6, 6.07) is 14.1. The predicted molar refractivity (Wildman–Crippen MR) is 103 cm³/mol. The maximum Gasteiger partial charge on any atom is 0.269 e. The fourth-order valence-corrected chi connectivity index (χ4v) is 3.40. The first-order chi connectivity index (χ1) is 12.1. The second kappa shape index (κ2) is 7.57. The van der Waals surface area contributed by atoms with Gasteiger partial charge >= 0.3 is 0 Å². The van der Waals surface area contributed by atoms with Gasteiger partial charge in [0.05, 0.1) is 0 Å². The smallest absolute Gasteiger partial charge is 0.269 e. The summed E-state index contributed by atoms with van der Waals surface area (Å²) >= 11 is 1.13. The lowest BCUT2D eigenvalue weighted by Gasteiger charge is -2.14. The molecule has 0 saturated carbocycles. The van der Waals surface area contributed by atoms with Crippen LogP contribution in [-0.4, -0.2) is 15.5 Å².